The monoisotopic (exact) mass is 461 g/mol. The van der Waals surface area contributed by atoms with Crippen molar-refractivity contribution in [1.82, 2.24) is 10.4 Å². The van der Waals surface area contributed by atoms with E-state index in [1.54, 1.807) is 36.4 Å². The van der Waals surface area contributed by atoms with Crippen molar-refractivity contribution >= 4 is 39.7 Å². The van der Waals surface area contributed by atoms with Crippen LogP contribution < -0.4 is 10.2 Å². The van der Waals surface area contributed by atoms with E-state index in [-0.39, 0.29) is 23.1 Å². The smallest absolute Gasteiger partial charge is 0.274 e. The number of amides is 1. The molecule has 28 heavy (non-hydrogen) atoms. The van der Waals surface area contributed by atoms with Gasteiger partial charge in [-0.25, -0.2) is 14.8 Å². The molecule has 0 radical (unpaired) electrons. The first-order valence-electron chi connectivity index (χ1n) is 8.13. The van der Waals surface area contributed by atoms with Crippen LogP contribution in [0.2, 0.25) is 5.15 Å². The molecular weight excluding hydrogens is 449 g/mol. The first kappa shape index (κ1) is 20.0. The molecule has 0 saturated heterocycles. The Morgan fingerprint density at radius 3 is 2.89 bits per heavy atom. The van der Waals surface area contributed by atoms with E-state index >= 15 is 0 Å². The maximum Gasteiger partial charge on any atom is 0.274 e. The van der Waals surface area contributed by atoms with Gasteiger partial charge in [0.2, 0.25) is 0 Å². The van der Waals surface area contributed by atoms with Crippen LogP contribution in [0.3, 0.4) is 0 Å². The Balaban J connectivity index is 1.70. The Labute approximate surface area is 174 Å². The Hall–Kier alpha value is -2.77. The third kappa shape index (κ3) is 5.37. The van der Waals surface area contributed by atoms with Gasteiger partial charge in [0, 0.05) is 16.2 Å². The van der Waals surface area contributed by atoms with E-state index in [0.717, 1.165) is 4.47 Å². The number of halogens is 3. The molecule has 2 aromatic carbocycles. The second-order valence-corrected chi connectivity index (χ2v) is 6.92. The van der Waals surface area contributed by atoms with E-state index in [9.17, 15) is 9.18 Å². The molecule has 1 amide bonds. The van der Waals surface area contributed by atoms with Crippen LogP contribution in [0.4, 0.5) is 4.39 Å². The molecule has 0 aliphatic carbocycles. The molecule has 0 unspecified atom stereocenters. The average molecular weight is 463 g/mol. The Kier molecular flexibility index (Phi) is 6.73. The molecular formula is C20H14BrClFN3O2. The lowest BCUT2D eigenvalue weighted by Crippen LogP contribution is -2.18. The number of nitrogens with zero attached hydrogens (tertiary/aromatic N) is 2. The summed E-state index contributed by atoms with van der Waals surface area (Å²) in [5, 5.41) is 4.05. The topological polar surface area (TPSA) is 63.6 Å². The van der Waals surface area contributed by atoms with Crippen molar-refractivity contribution < 1.29 is 13.9 Å². The fourth-order valence-electron chi connectivity index (χ4n) is 2.32. The predicted octanol–water partition coefficient (Wildman–Crippen LogP) is 4.98. The number of pyridine rings is 1. The van der Waals surface area contributed by atoms with Crippen LogP contribution in [0.15, 0.2) is 70.4 Å². The highest BCUT2D eigenvalue weighted by atomic mass is 79.9. The van der Waals surface area contributed by atoms with Crippen molar-refractivity contribution in [3.05, 3.63) is 92.9 Å². The summed E-state index contributed by atoms with van der Waals surface area (Å²) in [6, 6.07) is 14.7. The molecule has 142 valence electrons. The minimum absolute atomic E-state index is 0.0942. The number of carbonyl (C=O) groups is 1. The van der Waals surface area contributed by atoms with Crippen LogP contribution in [-0.2, 0) is 6.61 Å². The van der Waals surface area contributed by atoms with Gasteiger partial charge in [0.15, 0.2) is 0 Å². The highest BCUT2D eigenvalue weighted by Gasteiger charge is 2.10. The number of hydrazone groups is 1. The first-order valence-corrected chi connectivity index (χ1v) is 9.31. The van der Waals surface area contributed by atoms with Crippen LogP contribution in [-0.4, -0.2) is 17.1 Å². The Morgan fingerprint density at radius 1 is 1.25 bits per heavy atom. The second-order valence-electron chi connectivity index (χ2n) is 5.64. The lowest BCUT2D eigenvalue weighted by molar-refractivity contribution is 0.0955. The zero-order valence-corrected chi connectivity index (χ0v) is 16.7. The van der Waals surface area contributed by atoms with Gasteiger partial charge in [-0.05, 0) is 48.0 Å². The largest absolute Gasteiger partial charge is 0.488 e. The zero-order chi connectivity index (χ0) is 19.9. The number of benzene rings is 2. The van der Waals surface area contributed by atoms with E-state index in [2.05, 4.69) is 31.4 Å². The number of carbonyl (C=O) groups excluding carboxylic acids is 1. The van der Waals surface area contributed by atoms with Gasteiger partial charge in [0.1, 0.15) is 23.3 Å². The van der Waals surface area contributed by atoms with Gasteiger partial charge in [-0.3, -0.25) is 4.79 Å². The molecule has 8 heteroatoms. The number of nitrogens with one attached hydrogen (secondary N) is 1. The van der Waals surface area contributed by atoms with Crippen LogP contribution in [0.25, 0.3) is 0 Å². The Morgan fingerprint density at radius 2 is 2.11 bits per heavy atom. The number of hydrogen-bond donors (Lipinski definition) is 1. The number of hydrogen-bond acceptors (Lipinski definition) is 4. The minimum atomic E-state index is -0.480. The third-order valence-electron chi connectivity index (χ3n) is 3.63. The van der Waals surface area contributed by atoms with Gasteiger partial charge in [0.25, 0.3) is 5.91 Å². The van der Waals surface area contributed by atoms with Gasteiger partial charge in [-0.2, -0.15) is 5.10 Å². The molecule has 0 saturated carbocycles. The summed E-state index contributed by atoms with van der Waals surface area (Å²) in [6.07, 6.45) is 2.94. The molecule has 0 atom stereocenters. The average Bonchev–Trinajstić information content (AvgIpc) is 2.67. The molecule has 5 nitrogen and oxygen atoms in total. The summed E-state index contributed by atoms with van der Waals surface area (Å²) in [7, 11) is 0. The van der Waals surface area contributed by atoms with Crippen molar-refractivity contribution in [1.29, 1.82) is 0 Å². The standard InChI is InChI=1S/C20H14BrClFN3O2/c21-15-6-7-18(28-12-13-3-1-4-16(23)9-13)14(10-15)11-25-26-20(27)17-5-2-8-24-19(17)22/h1-11H,12H2,(H,26,27)/b25-11+. The van der Waals surface area contributed by atoms with Crippen molar-refractivity contribution in [3.8, 4) is 5.75 Å². The van der Waals surface area contributed by atoms with Crippen LogP contribution in [0.1, 0.15) is 21.5 Å². The van der Waals surface area contributed by atoms with E-state index in [1.165, 1.54) is 24.5 Å². The summed E-state index contributed by atoms with van der Waals surface area (Å²) in [5.41, 5.74) is 3.95. The number of ether oxygens (including phenoxy) is 1. The van der Waals surface area contributed by atoms with Crippen molar-refractivity contribution in [2.24, 2.45) is 5.10 Å². The lowest BCUT2D eigenvalue weighted by atomic mass is 10.2. The van der Waals surface area contributed by atoms with Crippen LogP contribution >= 0.6 is 27.5 Å². The molecule has 0 aliphatic rings. The predicted molar refractivity (Wildman–Crippen MR) is 109 cm³/mol. The number of rotatable bonds is 6. The summed E-state index contributed by atoms with van der Waals surface area (Å²) in [6.45, 7) is 0.192. The van der Waals surface area contributed by atoms with Gasteiger partial charge in [0.05, 0.1) is 11.8 Å². The van der Waals surface area contributed by atoms with E-state index in [0.29, 0.717) is 16.9 Å². The van der Waals surface area contributed by atoms with Gasteiger partial charge >= 0.3 is 0 Å². The van der Waals surface area contributed by atoms with E-state index in [1.807, 2.05) is 6.07 Å². The van der Waals surface area contributed by atoms with Crippen LogP contribution in [0, 0.1) is 5.82 Å². The SMILES string of the molecule is O=C(N/N=C/c1cc(Br)ccc1OCc1cccc(F)c1)c1cccnc1Cl. The molecule has 3 aromatic rings. The van der Waals surface area contributed by atoms with Gasteiger partial charge in [-0.1, -0.05) is 39.7 Å². The fraction of sp³-hybridized carbons (Fsp3) is 0.0500. The molecule has 0 spiro atoms. The molecule has 0 fully saturated rings. The summed E-state index contributed by atoms with van der Waals surface area (Å²) >= 11 is 9.28. The van der Waals surface area contributed by atoms with Crippen molar-refractivity contribution in [2.75, 3.05) is 0 Å². The number of aromatic nitrogens is 1. The maximum atomic E-state index is 13.3. The highest BCUT2D eigenvalue weighted by Crippen LogP contribution is 2.23. The quantitative estimate of drug-likeness (QED) is 0.319. The fourth-order valence-corrected chi connectivity index (χ4v) is 2.90. The van der Waals surface area contributed by atoms with E-state index < -0.39 is 5.91 Å². The summed E-state index contributed by atoms with van der Waals surface area (Å²) < 4.78 is 19.9. The first-order chi connectivity index (χ1) is 13.5. The molecule has 0 aliphatic heterocycles. The highest BCUT2D eigenvalue weighted by molar-refractivity contribution is 9.10. The minimum Gasteiger partial charge on any atom is -0.488 e. The normalized spacial score (nSPS) is 10.8. The maximum absolute atomic E-state index is 13.3. The summed E-state index contributed by atoms with van der Waals surface area (Å²) in [4.78, 5) is 16.0. The molecule has 0 bridgehead atoms. The molecule has 1 heterocycles. The van der Waals surface area contributed by atoms with Gasteiger partial charge in [-0.15, -0.1) is 0 Å². The zero-order valence-electron chi connectivity index (χ0n) is 14.4. The van der Waals surface area contributed by atoms with Crippen molar-refractivity contribution in [3.63, 3.8) is 0 Å². The van der Waals surface area contributed by atoms with Crippen molar-refractivity contribution in [2.45, 2.75) is 6.61 Å². The second kappa shape index (κ2) is 9.43. The molecule has 1 N–H and O–H groups in total. The van der Waals surface area contributed by atoms with Gasteiger partial charge < -0.3 is 4.74 Å². The van der Waals surface area contributed by atoms with E-state index in [4.69, 9.17) is 16.3 Å². The Bertz CT molecular complexity index is 1030. The lowest BCUT2D eigenvalue weighted by Gasteiger charge is -2.10. The molecule has 3 rings (SSSR count). The molecule has 1 aromatic heterocycles. The van der Waals surface area contributed by atoms with Crippen LogP contribution in [0.5, 0.6) is 5.75 Å². The summed E-state index contributed by atoms with van der Waals surface area (Å²) in [5.74, 6) is -0.271. The third-order valence-corrected chi connectivity index (χ3v) is 4.42.